The first-order valence-electron chi connectivity index (χ1n) is 5.27. The van der Waals surface area contributed by atoms with E-state index in [0.29, 0.717) is 6.54 Å². The predicted molar refractivity (Wildman–Crippen MR) is 59.2 cm³/mol. The van der Waals surface area contributed by atoms with Gasteiger partial charge in [0.15, 0.2) is 0 Å². The molecule has 1 N–H and O–H groups in total. The molecule has 0 unspecified atom stereocenters. The van der Waals surface area contributed by atoms with Crippen LogP contribution in [0.15, 0.2) is 24.3 Å². The summed E-state index contributed by atoms with van der Waals surface area (Å²) >= 11 is 0. The van der Waals surface area contributed by atoms with Gasteiger partial charge in [-0.3, -0.25) is 0 Å². The molecule has 15 heavy (non-hydrogen) atoms. The third kappa shape index (κ3) is 4.91. The van der Waals surface area contributed by atoms with Gasteiger partial charge in [0.2, 0.25) is 0 Å². The molecule has 0 aromatic heterocycles. The lowest BCUT2D eigenvalue weighted by molar-refractivity contribution is 0.192. The summed E-state index contributed by atoms with van der Waals surface area (Å²) in [7, 11) is 1.70. The molecule has 0 atom stereocenters. The molecule has 0 aliphatic rings. The Morgan fingerprint density at radius 2 is 2.07 bits per heavy atom. The van der Waals surface area contributed by atoms with Crippen molar-refractivity contribution in [1.29, 1.82) is 0 Å². The van der Waals surface area contributed by atoms with Crippen molar-refractivity contribution in [1.82, 2.24) is 5.32 Å². The van der Waals surface area contributed by atoms with E-state index in [9.17, 15) is 4.39 Å². The highest BCUT2D eigenvalue weighted by Gasteiger charge is 1.98. The van der Waals surface area contributed by atoms with Gasteiger partial charge in [-0.1, -0.05) is 18.2 Å². The molecule has 1 aromatic rings. The van der Waals surface area contributed by atoms with Gasteiger partial charge >= 0.3 is 0 Å². The van der Waals surface area contributed by atoms with Gasteiger partial charge in [-0.25, -0.2) is 4.39 Å². The number of rotatable bonds is 7. The Balaban J connectivity index is 2.12. The summed E-state index contributed by atoms with van der Waals surface area (Å²) in [6, 6.07) is 6.85. The highest BCUT2D eigenvalue weighted by atomic mass is 19.1. The lowest BCUT2D eigenvalue weighted by atomic mass is 10.2. The molecule has 0 amide bonds. The Labute approximate surface area is 90.4 Å². The molecule has 1 aromatic carbocycles. The molecule has 1 rings (SSSR count). The number of hydrogen-bond donors (Lipinski definition) is 1. The fourth-order valence-electron chi connectivity index (χ4n) is 1.36. The van der Waals surface area contributed by atoms with E-state index in [-0.39, 0.29) is 5.82 Å². The molecule has 0 heterocycles. The van der Waals surface area contributed by atoms with Crippen LogP contribution in [0.2, 0.25) is 0 Å². The molecular weight excluding hydrogens is 193 g/mol. The Hall–Kier alpha value is -0.930. The van der Waals surface area contributed by atoms with Crippen LogP contribution in [0, 0.1) is 5.82 Å². The van der Waals surface area contributed by atoms with Crippen LogP contribution in [0.5, 0.6) is 0 Å². The fourth-order valence-corrected chi connectivity index (χ4v) is 1.36. The Morgan fingerprint density at radius 3 is 2.80 bits per heavy atom. The Morgan fingerprint density at radius 1 is 1.27 bits per heavy atom. The van der Waals surface area contributed by atoms with Gasteiger partial charge in [0, 0.05) is 25.8 Å². The summed E-state index contributed by atoms with van der Waals surface area (Å²) in [5, 5.41) is 3.21. The summed E-state index contributed by atoms with van der Waals surface area (Å²) in [5.41, 5.74) is 0.726. The molecule has 0 aliphatic heterocycles. The summed E-state index contributed by atoms with van der Waals surface area (Å²) in [6.07, 6.45) is 2.10. The number of hydrogen-bond acceptors (Lipinski definition) is 2. The zero-order valence-electron chi connectivity index (χ0n) is 9.13. The van der Waals surface area contributed by atoms with Gasteiger partial charge in [0.1, 0.15) is 5.82 Å². The molecule has 0 saturated carbocycles. The van der Waals surface area contributed by atoms with Gasteiger partial charge in [0.05, 0.1) is 0 Å². The summed E-state index contributed by atoms with van der Waals surface area (Å²) in [5.74, 6) is -0.137. The second-order valence-electron chi connectivity index (χ2n) is 3.47. The minimum Gasteiger partial charge on any atom is -0.385 e. The van der Waals surface area contributed by atoms with E-state index in [1.165, 1.54) is 6.07 Å². The van der Waals surface area contributed by atoms with Gasteiger partial charge in [0.25, 0.3) is 0 Å². The average Bonchev–Trinajstić information content (AvgIpc) is 2.25. The van der Waals surface area contributed by atoms with E-state index in [0.717, 1.165) is 31.6 Å². The highest BCUT2D eigenvalue weighted by Crippen LogP contribution is 2.05. The third-order valence-electron chi connectivity index (χ3n) is 2.23. The van der Waals surface area contributed by atoms with Gasteiger partial charge in [-0.15, -0.1) is 0 Å². The normalized spacial score (nSPS) is 10.5. The lowest BCUT2D eigenvalue weighted by Crippen LogP contribution is -2.15. The van der Waals surface area contributed by atoms with Crippen LogP contribution < -0.4 is 5.32 Å². The number of halogens is 1. The van der Waals surface area contributed by atoms with E-state index in [1.807, 2.05) is 6.07 Å². The predicted octanol–water partition coefficient (Wildman–Crippen LogP) is 2.34. The van der Waals surface area contributed by atoms with E-state index in [1.54, 1.807) is 19.2 Å². The van der Waals surface area contributed by atoms with Crippen molar-refractivity contribution in [3.63, 3.8) is 0 Å². The Kier molecular flexibility index (Phi) is 5.97. The van der Waals surface area contributed by atoms with E-state index in [4.69, 9.17) is 4.74 Å². The first-order valence-corrected chi connectivity index (χ1v) is 5.27. The van der Waals surface area contributed by atoms with Crippen molar-refractivity contribution in [2.75, 3.05) is 20.3 Å². The highest BCUT2D eigenvalue weighted by molar-refractivity contribution is 5.16. The number of benzene rings is 1. The zero-order valence-corrected chi connectivity index (χ0v) is 9.13. The molecule has 0 aliphatic carbocycles. The van der Waals surface area contributed by atoms with Gasteiger partial charge in [-0.2, -0.15) is 0 Å². The van der Waals surface area contributed by atoms with Crippen molar-refractivity contribution in [2.45, 2.75) is 19.4 Å². The van der Waals surface area contributed by atoms with Crippen LogP contribution in [-0.4, -0.2) is 20.3 Å². The van der Waals surface area contributed by atoms with Gasteiger partial charge < -0.3 is 10.1 Å². The van der Waals surface area contributed by atoms with Crippen molar-refractivity contribution in [3.05, 3.63) is 35.6 Å². The summed E-state index contributed by atoms with van der Waals surface area (Å²) < 4.78 is 18.1. The minimum absolute atomic E-state index is 0.137. The maximum Gasteiger partial charge on any atom is 0.127 e. The van der Waals surface area contributed by atoms with Crippen molar-refractivity contribution in [3.8, 4) is 0 Å². The molecule has 0 fully saturated rings. The van der Waals surface area contributed by atoms with Crippen LogP contribution in [0.25, 0.3) is 0 Å². The van der Waals surface area contributed by atoms with Crippen LogP contribution >= 0.6 is 0 Å². The number of unbranched alkanes of at least 4 members (excludes halogenated alkanes) is 1. The number of ether oxygens (including phenoxy) is 1. The molecular formula is C12H18FNO. The lowest BCUT2D eigenvalue weighted by Gasteiger charge is -2.05. The molecule has 2 nitrogen and oxygen atoms in total. The average molecular weight is 211 g/mol. The molecule has 3 heteroatoms. The van der Waals surface area contributed by atoms with Crippen molar-refractivity contribution >= 4 is 0 Å². The largest absolute Gasteiger partial charge is 0.385 e. The zero-order chi connectivity index (χ0) is 10.9. The van der Waals surface area contributed by atoms with E-state index < -0.39 is 0 Å². The number of methoxy groups -OCH3 is 1. The van der Waals surface area contributed by atoms with E-state index in [2.05, 4.69) is 5.32 Å². The van der Waals surface area contributed by atoms with Crippen LogP contribution in [0.3, 0.4) is 0 Å². The monoisotopic (exact) mass is 211 g/mol. The van der Waals surface area contributed by atoms with Crippen LogP contribution in [0.1, 0.15) is 18.4 Å². The topological polar surface area (TPSA) is 21.3 Å². The summed E-state index contributed by atoms with van der Waals surface area (Å²) in [4.78, 5) is 0. The second-order valence-corrected chi connectivity index (χ2v) is 3.47. The van der Waals surface area contributed by atoms with E-state index >= 15 is 0 Å². The fraction of sp³-hybridized carbons (Fsp3) is 0.500. The SMILES string of the molecule is COCCCCNCc1ccccc1F. The minimum atomic E-state index is -0.137. The molecule has 0 bridgehead atoms. The van der Waals surface area contributed by atoms with Crippen molar-refractivity contribution < 1.29 is 9.13 Å². The Bertz CT molecular complexity index is 278. The molecule has 0 spiro atoms. The molecule has 0 radical (unpaired) electrons. The third-order valence-corrected chi connectivity index (χ3v) is 2.23. The first-order chi connectivity index (χ1) is 7.34. The van der Waals surface area contributed by atoms with Crippen LogP contribution in [0.4, 0.5) is 4.39 Å². The smallest absolute Gasteiger partial charge is 0.127 e. The molecule has 84 valence electrons. The quantitative estimate of drug-likeness (QED) is 0.699. The standard InChI is InChI=1S/C12H18FNO/c1-15-9-5-4-8-14-10-11-6-2-3-7-12(11)13/h2-3,6-7,14H,4-5,8-10H2,1H3. The summed E-state index contributed by atoms with van der Waals surface area (Å²) in [6.45, 7) is 2.29. The van der Waals surface area contributed by atoms with Crippen molar-refractivity contribution in [2.24, 2.45) is 0 Å². The number of nitrogens with one attached hydrogen (secondary N) is 1. The van der Waals surface area contributed by atoms with Crippen LogP contribution in [-0.2, 0) is 11.3 Å². The molecule has 0 saturated heterocycles. The maximum absolute atomic E-state index is 13.2. The maximum atomic E-state index is 13.2. The second kappa shape index (κ2) is 7.37. The first kappa shape index (κ1) is 12.1. The van der Waals surface area contributed by atoms with Gasteiger partial charge in [-0.05, 0) is 25.5 Å².